The maximum absolute atomic E-state index is 9.65. The van der Waals surface area contributed by atoms with Crippen LogP contribution < -0.4 is 5.32 Å². The fraction of sp³-hybridized carbons (Fsp3) is 1.00. The van der Waals surface area contributed by atoms with Gasteiger partial charge in [0.15, 0.2) is 0 Å². The highest BCUT2D eigenvalue weighted by Gasteiger charge is 2.35. The fourth-order valence-electron chi connectivity index (χ4n) is 3.65. The Morgan fingerprint density at radius 3 is 2.74 bits per heavy atom. The molecule has 1 atom stereocenters. The van der Waals surface area contributed by atoms with E-state index in [-0.39, 0.29) is 0 Å². The van der Waals surface area contributed by atoms with E-state index in [0.717, 1.165) is 52.1 Å². The lowest BCUT2D eigenvalue weighted by Gasteiger charge is -2.43. The zero-order chi connectivity index (χ0) is 13.6. The number of nitrogens with one attached hydrogen (secondary N) is 1. The summed E-state index contributed by atoms with van der Waals surface area (Å²) in [6, 6.07) is 0.374. The standard InChI is InChI=1S/C15H30N2O2/c1-16-12-15(6-9-19-10-7-15)13-17-8-4-2-3-5-14(17)11-18/h14,16,18H,2-13H2,1H3. The molecule has 0 amide bonds. The van der Waals surface area contributed by atoms with Crippen molar-refractivity contribution in [1.29, 1.82) is 0 Å². The van der Waals surface area contributed by atoms with Gasteiger partial charge < -0.3 is 15.2 Å². The van der Waals surface area contributed by atoms with Crippen LogP contribution in [0.2, 0.25) is 0 Å². The van der Waals surface area contributed by atoms with Crippen LogP contribution in [0.5, 0.6) is 0 Å². The normalized spacial score (nSPS) is 29.1. The van der Waals surface area contributed by atoms with Gasteiger partial charge >= 0.3 is 0 Å². The van der Waals surface area contributed by atoms with Crippen molar-refractivity contribution in [3.05, 3.63) is 0 Å². The highest BCUT2D eigenvalue weighted by atomic mass is 16.5. The Kier molecular flexibility index (Phi) is 6.07. The van der Waals surface area contributed by atoms with Gasteiger partial charge in [-0.3, -0.25) is 4.90 Å². The summed E-state index contributed by atoms with van der Waals surface area (Å²) in [5.74, 6) is 0. The third kappa shape index (κ3) is 4.15. The molecule has 0 radical (unpaired) electrons. The number of hydrogen-bond acceptors (Lipinski definition) is 4. The minimum absolute atomic E-state index is 0.312. The van der Waals surface area contributed by atoms with E-state index in [0.29, 0.717) is 18.1 Å². The van der Waals surface area contributed by atoms with Gasteiger partial charge in [0.05, 0.1) is 6.61 Å². The Labute approximate surface area is 117 Å². The van der Waals surface area contributed by atoms with Crippen LogP contribution in [0.15, 0.2) is 0 Å². The molecule has 0 aliphatic carbocycles. The summed E-state index contributed by atoms with van der Waals surface area (Å²) in [6.07, 6.45) is 7.30. The number of nitrogens with zero attached hydrogens (tertiary/aromatic N) is 1. The first-order valence-corrected chi connectivity index (χ1v) is 7.87. The Balaban J connectivity index is 2.01. The van der Waals surface area contributed by atoms with E-state index in [1.165, 1.54) is 19.3 Å². The lowest BCUT2D eigenvalue weighted by molar-refractivity contribution is -0.0157. The first-order chi connectivity index (χ1) is 9.29. The predicted molar refractivity (Wildman–Crippen MR) is 77.3 cm³/mol. The van der Waals surface area contributed by atoms with Crippen molar-refractivity contribution < 1.29 is 9.84 Å². The quantitative estimate of drug-likeness (QED) is 0.789. The van der Waals surface area contributed by atoms with Crippen molar-refractivity contribution in [3.8, 4) is 0 Å². The molecular weight excluding hydrogens is 240 g/mol. The molecule has 2 saturated heterocycles. The second kappa shape index (κ2) is 7.58. The van der Waals surface area contributed by atoms with Gasteiger partial charge in [-0.05, 0) is 44.7 Å². The molecule has 0 aromatic heterocycles. The highest BCUT2D eigenvalue weighted by molar-refractivity contribution is 4.89. The van der Waals surface area contributed by atoms with Gasteiger partial charge in [-0.15, -0.1) is 0 Å². The summed E-state index contributed by atoms with van der Waals surface area (Å²) in [5, 5.41) is 13.0. The van der Waals surface area contributed by atoms with E-state index in [9.17, 15) is 5.11 Å². The van der Waals surface area contributed by atoms with Gasteiger partial charge in [0.1, 0.15) is 0 Å². The molecule has 112 valence electrons. The Morgan fingerprint density at radius 2 is 2.05 bits per heavy atom. The Hall–Kier alpha value is -0.160. The molecule has 1 unspecified atom stereocenters. The van der Waals surface area contributed by atoms with E-state index < -0.39 is 0 Å². The molecule has 2 N–H and O–H groups in total. The molecule has 2 aliphatic rings. The minimum atomic E-state index is 0.312. The summed E-state index contributed by atoms with van der Waals surface area (Å²) >= 11 is 0. The minimum Gasteiger partial charge on any atom is -0.395 e. The molecule has 19 heavy (non-hydrogen) atoms. The zero-order valence-electron chi connectivity index (χ0n) is 12.4. The second-order valence-corrected chi connectivity index (χ2v) is 6.30. The Morgan fingerprint density at radius 1 is 1.26 bits per heavy atom. The molecule has 2 fully saturated rings. The third-order valence-electron chi connectivity index (χ3n) is 4.85. The number of ether oxygens (including phenoxy) is 1. The van der Waals surface area contributed by atoms with Crippen LogP contribution >= 0.6 is 0 Å². The van der Waals surface area contributed by atoms with Crippen LogP contribution in [-0.2, 0) is 4.74 Å². The topological polar surface area (TPSA) is 44.7 Å². The molecule has 0 bridgehead atoms. The van der Waals surface area contributed by atoms with Gasteiger partial charge in [0.25, 0.3) is 0 Å². The smallest absolute Gasteiger partial charge is 0.0586 e. The molecule has 2 aliphatic heterocycles. The van der Waals surface area contributed by atoms with Crippen molar-refractivity contribution in [2.45, 2.75) is 44.6 Å². The Bertz CT molecular complexity index is 249. The maximum atomic E-state index is 9.65. The van der Waals surface area contributed by atoms with Crippen LogP contribution in [0.1, 0.15) is 38.5 Å². The van der Waals surface area contributed by atoms with Crippen molar-refractivity contribution in [2.75, 3.05) is 46.5 Å². The van der Waals surface area contributed by atoms with E-state index in [1.807, 2.05) is 7.05 Å². The highest BCUT2D eigenvalue weighted by Crippen LogP contribution is 2.32. The largest absolute Gasteiger partial charge is 0.395 e. The maximum Gasteiger partial charge on any atom is 0.0586 e. The van der Waals surface area contributed by atoms with Crippen LogP contribution in [0.4, 0.5) is 0 Å². The van der Waals surface area contributed by atoms with Crippen LogP contribution in [-0.4, -0.2) is 62.6 Å². The van der Waals surface area contributed by atoms with Crippen LogP contribution in [0.25, 0.3) is 0 Å². The third-order valence-corrected chi connectivity index (χ3v) is 4.85. The first kappa shape index (κ1) is 15.2. The van der Waals surface area contributed by atoms with Crippen LogP contribution in [0.3, 0.4) is 0 Å². The molecule has 2 rings (SSSR count). The number of rotatable bonds is 5. The molecule has 0 aromatic carbocycles. The van der Waals surface area contributed by atoms with Gasteiger partial charge in [0.2, 0.25) is 0 Å². The molecular formula is C15H30N2O2. The SMILES string of the molecule is CNCC1(CN2CCCCCC2CO)CCOCC1. The first-order valence-electron chi connectivity index (χ1n) is 7.87. The van der Waals surface area contributed by atoms with E-state index in [4.69, 9.17) is 4.74 Å². The molecule has 0 saturated carbocycles. The average Bonchev–Trinajstić information content (AvgIpc) is 2.65. The van der Waals surface area contributed by atoms with Gasteiger partial charge in [-0.25, -0.2) is 0 Å². The summed E-state index contributed by atoms with van der Waals surface area (Å²) in [4.78, 5) is 2.55. The number of hydrogen-bond donors (Lipinski definition) is 2. The monoisotopic (exact) mass is 270 g/mol. The number of aliphatic hydroxyl groups excluding tert-OH is 1. The lowest BCUT2D eigenvalue weighted by Crippen LogP contribution is -2.50. The van der Waals surface area contributed by atoms with Crippen molar-refractivity contribution in [3.63, 3.8) is 0 Å². The summed E-state index contributed by atoms with van der Waals surface area (Å²) in [5.41, 5.74) is 0.338. The molecule has 0 spiro atoms. The summed E-state index contributed by atoms with van der Waals surface area (Å²) in [7, 11) is 2.04. The van der Waals surface area contributed by atoms with Gasteiger partial charge in [-0.1, -0.05) is 12.8 Å². The summed E-state index contributed by atoms with van der Waals surface area (Å²) in [6.45, 7) is 5.41. The summed E-state index contributed by atoms with van der Waals surface area (Å²) < 4.78 is 5.54. The zero-order valence-corrected chi connectivity index (χ0v) is 12.4. The van der Waals surface area contributed by atoms with Crippen LogP contribution in [0, 0.1) is 5.41 Å². The molecule has 4 heteroatoms. The molecule has 0 aromatic rings. The van der Waals surface area contributed by atoms with Gasteiger partial charge in [0, 0.05) is 32.3 Å². The molecule has 4 nitrogen and oxygen atoms in total. The fourth-order valence-corrected chi connectivity index (χ4v) is 3.65. The average molecular weight is 270 g/mol. The second-order valence-electron chi connectivity index (χ2n) is 6.30. The van der Waals surface area contributed by atoms with Gasteiger partial charge in [-0.2, -0.15) is 0 Å². The molecule has 2 heterocycles. The number of likely N-dealkylation sites (tertiary alicyclic amines) is 1. The predicted octanol–water partition coefficient (Wildman–Crippen LogP) is 1.24. The van der Waals surface area contributed by atoms with Crippen molar-refractivity contribution >= 4 is 0 Å². The van der Waals surface area contributed by atoms with Crippen molar-refractivity contribution in [1.82, 2.24) is 10.2 Å². The number of aliphatic hydroxyl groups is 1. The van der Waals surface area contributed by atoms with E-state index >= 15 is 0 Å². The lowest BCUT2D eigenvalue weighted by atomic mass is 9.79. The van der Waals surface area contributed by atoms with E-state index in [2.05, 4.69) is 10.2 Å². The van der Waals surface area contributed by atoms with E-state index in [1.54, 1.807) is 0 Å². The van der Waals surface area contributed by atoms with Crippen molar-refractivity contribution in [2.24, 2.45) is 5.41 Å².